The van der Waals surface area contributed by atoms with Gasteiger partial charge in [-0.25, -0.2) is 0 Å². The van der Waals surface area contributed by atoms with Crippen LogP contribution < -0.4 is 10.2 Å². The maximum absolute atomic E-state index is 11.8. The van der Waals surface area contributed by atoms with E-state index in [2.05, 4.69) is 34.8 Å². The number of aromatic nitrogens is 2. The van der Waals surface area contributed by atoms with E-state index in [1.165, 1.54) is 16.7 Å². The Balaban J connectivity index is 1.45. The molecule has 138 valence electrons. The molecule has 1 aromatic carbocycles. The molecular formula is C20H26N4O2. The number of nitrogens with one attached hydrogen (secondary N) is 1. The van der Waals surface area contributed by atoms with Crippen LogP contribution in [0.5, 0.6) is 0 Å². The summed E-state index contributed by atoms with van der Waals surface area (Å²) in [6.07, 6.45) is 4.55. The molecule has 4 rings (SSSR count). The van der Waals surface area contributed by atoms with Crippen LogP contribution in [0.2, 0.25) is 0 Å². The molecule has 1 N–H and O–H groups in total. The summed E-state index contributed by atoms with van der Waals surface area (Å²) in [5, 5.41) is 8.11. The molecule has 3 heterocycles. The van der Waals surface area contributed by atoms with E-state index in [0.717, 1.165) is 37.4 Å². The zero-order valence-electron chi connectivity index (χ0n) is 15.7. The van der Waals surface area contributed by atoms with E-state index in [1.54, 1.807) is 4.90 Å². The molecule has 1 aromatic heterocycles. The largest absolute Gasteiger partial charge is 0.372 e. The third-order valence-corrected chi connectivity index (χ3v) is 5.51. The van der Waals surface area contributed by atoms with Crippen molar-refractivity contribution >= 4 is 11.6 Å². The van der Waals surface area contributed by atoms with Gasteiger partial charge in [0.1, 0.15) is 6.10 Å². The lowest BCUT2D eigenvalue weighted by Gasteiger charge is -2.26. The van der Waals surface area contributed by atoms with Gasteiger partial charge < -0.3 is 15.0 Å². The van der Waals surface area contributed by atoms with Crippen LogP contribution in [0.3, 0.4) is 0 Å². The number of amides is 1. The molecule has 6 nitrogen and oxygen atoms in total. The summed E-state index contributed by atoms with van der Waals surface area (Å²) in [6.45, 7) is 3.61. The Hall–Kier alpha value is -2.18. The second kappa shape index (κ2) is 6.85. The van der Waals surface area contributed by atoms with Crippen molar-refractivity contribution < 1.29 is 9.53 Å². The normalized spacial score (nSPS) is 22.7. The minimum Gasteiger partial charge on any atom is -0.372 e. The molecule has 2 aliphatic rings. The van der Waals surface area contributed by atoms with Crippen LogP contribution in [-0.2, 0) is 29.5 Å². The number of carbonyl (C=O) groups is 1. The first-order valence-electron chi connectivity index (χ1n) is 9.26. The Labute approximate surface area is 154 Å². The van der Waals surface area contributed by atoms with Crippen molar-refractivity contribution in [2.24, 2.45) is 7.05 Å². The van der Waals surface area contributed by atoms with Crippen molar-refractivity contribution in [2.75, 3.05) is 18.6 Å². The minimum atomic E-state index is 0.0603. The van der Waals surface area contributed by atoms with Crippen LogP contribution in [-0.4, -0.2) is 35.4 Å². The lowest BCUT2D eigenvalue weighted by molar-refractivity contribution is -0.118. The second-order valence-electron chi connectivity index (χ2n) is 7.33. The van der Waals surface area contributed by atoms with Gasteiger partial charge in [0.15, 0.2) is 0 Å². The van der Waals surface area contributed by atoms with E-state index in [9.17, 15) is 4.79 Å². The van der Waals surface area contributed by atoms with Gasteiger partial charge in [0, 0.05) is 57.2 Å². The van der Waals surface area contributed by atoms with E-state index in [0.29, 0.717) is 6.42 Å². The van der Waals surface area contributed by atoms with Gasteiger partial charge in [0.25, 0.3) is 0 Å². The molecule has 1 fully saturated rings. The summed E-state index contributed by atoms with van der Waals surface area (Å²) in [4.78, 5) is 13.6. The number of nitrogens with zero attached hydrogens (tertiary/aromatic N) is 3. The van der Waals surface area contributed by atoms with Crippen LogP contribution in [0.4, 0.5) is 5.69 Å². The summed E-state index contributed by atoms with van der Waals surface area (Å²) in [7, 11) is 3.80. The topological polar surface area (TPSA) is 59.4 Å². The Morgan fingerprint density at radius 3 is 2.92 bits per heavy atom. The molecule has 0 unspecified atom stereocenters. The van der Waals surface area contributed by atoms with E-state index < -0.39 is 0 Å². The molecule has 2 aromatic rings. The van der Waals surface area contributed by atoms with Crippen LogP contribution in [0, 0.1) is 6.92 Å². The summed E-state index contributed by atoms with van der Waals surface area (Å²) in [6, 6.07) is 6.70. The van der Waals surface area contributed by atoms with Crippen molar-refractivity contribution in [2.45, 2.75) is 44.9 Å². The van der Waals surface area contributed by atoms with E-state index in [1.807, 2.05) is 25.7 Å². The van der Waals surface area contributed by atoms with Gasteiger partial charge in [-0.2, -0.15) is 5.10 Å². The third kappa shape index (κ3) is 3.15. The number of aryl methyl sites for hydroxylation is 3. The van der Waals surface area contributed by atoms with E-state index >= 15 is 0 Å². The maximum atomic E-state index is 11.8. The first-order valence-corrected chi connectivity index (χ1v) is 9.26. The molecule has 1 saturated heterocycles. The quantitative estimate of drug-likeness (QED) is 0.915. The zero-order valence-corrected chi connectivity index (χ0v) is 15.7. The maximum Gasteiger partial charge on any atom is 0.227 e. The Bertz CT molecular complexity index is 829. The summed E-state index contributed by atoms with van der Waals surface area (Å²) in [5.41, 5.74) is 5.76. The van der Waals surface area contributed by atoms with Crippen molar-refractivity contribution in [3.8, 4) is 0 Å². The molecule has 0 aliphatic carbocycles. The zero-order chi connectivity index (χ0) is 18.3. The third-order valence-electron chi connectivity index (χ3n) is 5.51. The minimum absolute atomic E-state index is 0.0603. The van der Waals surface area contributed by atoms with Crippen LogP contribution in [0.25, 0.3) is 0 Å². The molecule has 6 heteroatoms. The highest BCUT2D eigenvalue weighted by Gasteiger charge is 2.31. The number of hydrogen-bond donors (Lipinski definition) is 1. The number of rotatable bonds is 4. The summed E-state index contributed by atoms with van der Waals surface area (Å²) < 4.78 is 7.84. The fraction of sp³-hybridized carbons (Fsp3) is 0.500. The highest BCUT2D eigenvalue weighted by atomic mass is 16.5. The van der Waals surface area contributed by atoms with Gasteiger partial charge >= 0.3 is 0 Å². The van der Waals surface area contributed by atoms with Gasteiger partial charge in [-0.3, -0.25) is 9.48 Å². The highest BCUT2D eigenvalue weighted by Crippen LogP contribution is 2.31. The van der Waals surface area contributed by atoms with Gasteiger partial charge in [0.05, 0.1) is 5.69 Å². The predicted molar refractivity (Wildman–Crippen MR) is 100 cm³/mol. The Morgan fingerprint density at radius 1 is 1.31 bits per heavy atom. The van der Waals surface area contributed by atoms with Crippen molar-refractivity contribution in [1.29, 1.82) is 0 Å². The summed E-state index contributed by atoms with van der Waals surface area (Å²) >= 11 is 0. The summed E-state index contributed by atoms with van der Waals surface area (Å²) in [5.74, 6) is 0.196. The average Bonchev–Trinajstić information content (AvgIpc) is 3.21. The van der Waals surface area contributed by atoms with Crippen LogP contribution in [0.15, 0.2) is 24.4 Å². The predicted octanol–water partition coefficient (Wildman–Crippen LogP) is 2.26. The van der Waals surface area contributed by atoms with Crippen LogP contribution >= 0.6 is 0 Å². The standard InChI is InChI=1S/C20H26N4O2/c1-13-16(12-23(2)22-13)20-17(8-9-26-20)21-11-14-4-6-18-15(10-14)5-7-19(25)24(18)3/h4,6,10,12,17,20-21H,5,7-9,11H2,1-3H3/t17-,20+/m0/s1. The Morgan fingerprint density at radius 2 is 2.15 bits per heavy atom. The van der Waals surface area contributed by atoms with Crippen molar-refractivity contribution in [1.82, 2.24) is 15.1 Å². The van der Waals surface area contributed by atoms with Crippen LogP contribution in [0.1, 0.15) is 41.3 Å². The average molecular weight is 354 g/mol. The molecule has 0 radical (unpaired) electrons. The van der Waals surface area contributed by atoms with Gasteiger partial charge in [0.2, 0.25) is 5.91 Å². The van der Waals surface area contributed by atoms with E-state index in [4.69, 9.17) is 4.74 Å². The number of fused-ring (bicyclic) bond motifs is 1. The number of hydrogen-bond acceptors (Lipinski definition) is 4. The smallest absolute Gasteiger partial charge is 0.227 e. The molecule has 0 spiro atoms. The molecule has 2 aliphatic heterocycles. The monoisotopic (exact) mass is 354 g/mol. The SMILES string of the molecule is Cc1nn(C)cc1[C@H]1OCC[C@@H]1NCc1ccc2c(c1)CCC(=O)N2C. The number of benzene rings is 1. The number of anilines is 1. The first kappa shape index (κ1) is 17.2. The highest BCUT2D eigenvalue weighted by molar-refractivity contribution is 5.95. The molecule has 2 atom stereocenters. The molecule has 0 bridgehead atoms. The van der Waals surface area contributed by atoms with Crippen molar-refractivity contribution in [3.63, 3.8) is 0 Å². The van der Waals surface area contributed by atoms with E-state index in [-0.39, 0.29) is 18.1 Å². The number of carbonyl (C=O) groups excluding carboxylic acids is 1. The molecule has 1 amide bonds. The molecule has 26 heavy (non-hydrogen) atoms. The van der Waals surface area contributed by atoms with Gasteiger partial charge in [-0.1, -0.05) is 12.1 Å². The molecule has 0 saturated carbocycles. The first-order chi connectivity index (χ1) is 12.5. The van der Waals surface area contributed by atoms with Gasteiger partial charge in [-0.15, -0.1) is 0 Å². The fourth-order valence-electron chi connectivity index (χ4n) is 4.07. The van der Waals surface area contributed by atoms with Crippen molar-refractivity contribution in [3.05, 3.63) is 46.8 Å². The van der Waals surface area contributed by atoms with Gasteiger partial charge in [-0.05, 0) is 37.0 Å². The lowest BCUT2D eigenvalue weighted by atomic mass is 9.98. The lowest BCUT2D eigenvalue weighted by Crippen LogP contribution is -2.32. The number of ether oxygens (including phenoxy) is 1. The Kier molecular flexibility index (Phi) is 4.54. The second-order valence-corrected chi connectivity index (χ2v) is 7.33. The molecular weight excluding hydrogens is 328 g/mol. The fourth-order valence-corrected chi connectivity index (χ4v) is 4.07.